The summed E-state index contributed by atoms with van der Waals surface area (Å²) in [6.45, 7) is 0.642. The minimum atomic E-state index is 0.207. The maximum Gasteiger partial charge on any atom is 0.0730 e. The van der Waals surface area contributed by atoms with E-state index in [0.29, 0.717) is 6.61 Å². The summed E-state index contributed by atoms with van der Waals surface area (Å²) in [5, 5.41) is 0. The highest BCUT2D eigenvalue weighted by molar-refractivity contribution is 5.67. The first-order valence-corrected chi connectivity index (χ1v) is 7.35. The van der Waals surface area contributed by atoms with Crippen molar-refractivity contribution in [2.24, 2.45) is 5.73 Å². The average Bonchev–Trinajstić information content (AvgIpc) is 2.92. The fourth-order valence-electron chi connectivity index (χ4n) is 2.90. The largest absolute Gasteiger partial charge is 0.372 e. The topological polar surface area (TPSA) is 35.2 Å². The Balaban J connectivity index is 1.76. The molecule has 0 saturated heterocycles. The quantitative estimate of drug-likeness (QED) is 0.915. The Morgan fingerprint density at radius 3 is 2.45 bits per heavy atom. The maximum absolute atomic E-state index is 6.07. The van der Waals surface area contributed by atoms with E-state index in [9.17, 15) is 0 Å². The smallest absolute Gasteiger partial charge is 0.0730 e. The van der Waals surface area contributed by atoms with Crippen molar-refractivity contribution in [3.63, 3.8) is 0 Å². The van der Waals surface area contributed by atoms with Crippen LogP contribution < -0.4 is 5.73 Å². The van der Waals surface area contributed by atoms with Crippen LogP contribution in [0.4, 0.5) is 0 Å². The van der Waals surface area contributed by atoms with Gasteiger partial charge in [0.25, 0.3) is 0 Å². The Morgan fingerprint density at radius 2 is 1.70 bits per heavy atom. The summed E-state index contributed by atoms with van der Waals surface area (Å²) in [5.41, 5.74) is 9.79. The van der Waals surface area contributed by atoms with Crippen molar-refractivity contribution in [2.75, 3.05) is 0 Å². The third-order valence-corrected chi connectivity index (χ3v) is 4.06. The molecule has 0 aromatic heterocycles. The molecule has 2 N–H and O–H groups in total. The first-order chi connectivity index (χ1) is 9.84. The maximum atomic E-state index is 6.07. The summed E-state index contributed by atoms with van der Waals surface area (Å²) in [4.78, 5) is 0. The van der Waals surface area contributed by atoms with Crippen molar-refractivity contribution in [1.29, 1.82) is 0 Å². The Morgan fingerprint density at radius 1 is 0.950 bits per heavy atom. The molecule has 20 heavy (non-hydrogen) atoms. The van der Waals surface area contributed by atoms with Gasteiger partial charge in [0, 0.05) is 6.04 Å². The molecule has 2 atom stereocenters. The second kappa shape index (κ2) is 6.21. The van der Waals surface area contributed by atoms with Crippen LogP contribution in [-0.2, 0) is 11.3 Å². The SMILES string of the molecule is N[C@H]1CCC[C@@H]1OCc1ccccc1-c1ccccc1. The zero-order chi connectivity index (χ0) is 13.8. The van der Waals surface area contributed by atoms with E-state index in [1.807, 2.05) is 6.07 Å². The zero-order valence-electron chi connectivity index (χ0n) is 11.7. The Hall–Kier alpha value is -1.64. The summed E-state index contributed by atoms with van der Waals surface area (Å²) < 4.78 is 6.04. The van der Waals surface area contributed by atoms with E-state index < -0.39 is 0 Å². The minimum Gasteiger partial charge on any atom is -0.372 e. The molecular formula is C18H21NO. The molecule has 2 aromatic carbocycles. The molecule has 0 bridgehead atoms. The summed E-state index contributed by atoms with van der Waals surface area (Å²) in [6, 6.07) is 19.1. The molecule has 0 spiro atoms. The molecule has 104 valence electrons. The van der Waals surface area contributed by atoms with Gasteiger partial charge in [-0.05, 0) is 36.0 Å². The van der Waals surface area contributed by atoms with Crippen LogP contribution in [0.3, 0.4) is 0 Å². The minimum absolute atomic E-state index is 0.207. The van der Waals surface area contributed by atoms with E-state index in [0.717, 1.165) is 12.8 Å². The van der Waals surface area contributed by atoms with Gasteiger partial charge in [-0.25, -0.2) is 0 Å². The molecular weight excluding hydrogens is 246 g/mol. The van der Waals surface area contributed by atoms with Crippen LogP contribution in [0, 0.1) is 0 Å². The monoisotopic (exact) mass is 267 g/mol. The highest BCUT2D eigenvalue weighted by Gasteiger charge is 2.24. The predicted molar refractivity (Wildman–Crippen MR) is 82.3 cm³/mol. The summed E-state index contributed by atoms with van der Waals surface area (Å²) in [7, 11) is 0. The highest BCUT2D eigenvalue weighted by Crippen LogP contribution is 2.26. The van der Waals surface area contributed by atoms with Gasteiger partial charge in [-0.2, -0.15) is 0 Å². The lowest BCUT2D eigenvalue weighted by Crippen LogP contribution is -2.31. The number of rotatable bonds is 4. The molecule has 2 aromatic rings. The van der Waals surface area contributed by atoms with Gasteiger partial charge in [0.1, 0.15) is 0 Å². The molecule has 2 nitrogen and oxygen atoms in total. The fourth-order valence-corrected chi connectivity index (χ4v) is 2.90. The summed E-state index contributed by atoms with van der Waals surface area (Å²) >= 11 is 0. The van der Waals surface area contributed by atoms with Crippen molar-refractivity contribution < 1.29 is 4.74 Å². The van der Waals surface area contributed by atoms with Crippen LogP contribution in [-0.4, -0.2) is 12.1 Å². The average molecular weight is 267 g/mol. The summed E-state index contributed by atoms with van der Waals surface area (Å²) in [6.07, 6.45) is 3.59. The van der Waals surface area contributed by atoms with Crippen LogP contribution >= 0.6 is 0 Å². The first kappa shape index (κ1) is 13.3. The molecule has 0 unspecified atom stereocenters. The van der Waals surface area contributed by atoms with Crippen molar-refractivity contribution in [1.82, 2.24) is 0 Å². The van der Waals surface area contributed by atoms with Crippen LogP contribution in [0.15, 0.2) is 54.6 Å². The van der Waals surface area contributed by atoms with E-state index in [1.54, 1.807) is 0 Å². The van der Waals surface area contributed by atoms with E-state index in [4.69, 9.17) is 10.5 Å². The van der Waals surface area contributed by atoms with E-state index in [-0.39, 0.29) is 12.1 Å². The van der Waals surface area contributed by atoms with Crippen LogP contribution in [0.2, 0.25) is 0 Å². The van der Waals surface area contributed by atoms with Crippen LogP contribution in [0.1, 0.15) is 24.8 Å². The number of hydrogen-bond donors (Lipinski definition) is 1. The van der Waals surface area contributed by atoms with Gasteiger partial charge in [0.2, 0.25) is 0 Å². The van der Waals surface area contributed by atoms with Crippen molar-refractivity contribution in [2.45, 2.75) is 38.0 Å². The van der Waals surface area contributed by atoms with Gasteiger partial charge < -0.3 is 10.5 Å². The molecule has 1 aliphatic rings. The van der Waals surface area contributed by atoms with Gasteiger partial charge in [0.05, 0.1) is 12.7 Å². The van der Waals surface area contributed by atoms with Crippen molar-refractivity contribution in [3.05, 3.63) is 60.2 Å². The lowest BCUT2D eigenvalue weighted by atomic mass is 10.0. The molecule has 0 amide bonds. The van der Waals surface area contributed by atoms with E-state index in [2.05, 4.69) is 48.5 Å². The standard InChI is InChI=1S/C18H21NO/c19-17-11-6-12-18(17)20-13-15-9-4-5-10-16(15)14-7-2-1-3-8-14/h1-5,7-10,17-18H,6,11-13,19H2/t17-,18-/m0/s1. The highest BCUT2D eigenvalue weighted by atomic mass is 16.5. The number of nitrogens with two attached hydrogens (primary N) is 1. The molecule has 3 rings (SSSR count). The zero-order valence-corrected chi connectivity index (χ0v) is 11.7. The molecule has 1 fully saturated rings. The predicted octanol–water partition coefficient (Wildman–Crippen LogP) is 3.75. The van der Waals surface area contributed by atoms with Gasteiger partial charge in [-0.1, -0.05) is 54.6 Å². The first-order valence-electron chi connectivity index (χ1n) is 7.35. The molecule has 0 radical (unpaired) electrons. The van der Waals surface area contributed by atoms with E-state index >= 15 is 0 Å². The molecule has 0 aliphatic heterocycles. The number of ether oxygens (including phenoxy) is 1. The normalized spacial score (nSPS) is 22.1. The Labute approximate surface area is 120 Å². The second-order valence-corrected chi connectivity index (χ2v) is 5.47. The van der Waals surface area contributed by atoms with Crippen molar-refractivity contribution >= 4 is 0 Å². The third-order valence-electron chi connectivity index (χ3n) is 4.06. The number of hydrogen-bond acceptors (Lipinski definition) is 2. The van der Waals surface area contributed by atoms with E-state index in [1.165, 1.54) is 23.1 Å². The van der Waals surface area contributed by atoms with Gasteiger partial charge in [-0.15, -0.1) is 0 Å². The Bertz CT molecular complexity index is 552. The van der Waals surface area contributed by atoms with Gasteiger partial charge >= 0.3 is 0 Å². The van der Waals surface area contributed by atoms with Gasteiger partial charge in [-0.3, -0.25) is 0 Å². The van der Waals surface area contributed by atoms with Crippen LogP contribution in [0.25, 0.3) is 11.1 Å². The molecule has 2 heteroatoms. The lowest BCUT2D eigenvalue weighted by molar-refractivity contribution is 0.0359. The second-order valence-electron chi connectivity index (χ2n) is 5.47. The molecule has 0 heterocycles. The third kappa shape index (κ3) is 2.92. The fraction of sp³-hybridized carbons (Fsp3) is 0.333. The number of benzene rings is 2. The Kier molecular flexibility index (Phi) is 4.14. The van der Waals surface area contributed by atoms with Crippen molar-refractivity contribution in [3.8, 4) is 11.1 Å². The molecule has 1 saturated carbocycles. The summed E-state index contributed by atoms with van der Waals surface area (Å²) in [5.74, 6) is 0. The van der Waals surface area contributed by atoms with Gasteiger partial charge in [0.15, 0.2) is 0 Å². The van der Waals surface area contributed by atoms with Crippen LogP contribution in [0.5, 0.6) is 0 Å². The lowest BCUT2D eigenvalue weighted by Gasteiger charge is -2.18. The molecule has 1 aliphatic carbocycles.